The van der Waals surface area contributed by atoms with E-state index in [9.17, 15) is 0 Å². The number of ether oxygens (including phenoxy) is 2. The van der Waals surface area contributed by atoms with E-state index in [1.807, 2.05) is 6.92 Å². The molecule has 1 saturated carbocycles. The average molecular weight is 280 g/mol. The van der Waals surface area contributed by atoms with Crippen molar-refractivity contribution in [2.75, 3.05) is 25.1 Å². The lowest BCUT2D eigenvalue weighted by Gasteiger charge is -2.26. The molecule has 0 unspecified atom stereocenters. The van der Waals surface area contributed by atoms with Crippen LogP contribution in [0.15, 0.2) is 12.3 Å². The second-order valence-electron chi connectivity index (χ2n) is 4.99. The lowest BCUT2D eigenvalue weighted by Crippen LogP contribution is -2.31. The van der Waals surface area contributed by atoms with E-state index in [0.29, 0.717) is 43.7 Å². The smallest absolute Gasteiger partial charge is 0.226 e. The molecule has 0 bridgehead atoms. The molecule has 0 aromatic carbocycles. The summed E-state index contributed by atoms with van der Waals surface area (Å²) in [6, 6.07) is 2.11. The zero-order valence-corrected chi connectivity index (χ0v) is 12.0. The van der Waals surface area contributed by atoms with Gasteiger partial charge in [-0.15, -0.1) is 0 Å². The number of nitrogens with zero attached hydrogens (tertiary/aromatic N) is 2. The average Bonchev–Trinajstić information content (AvgIpc) is 2.46. The van der Waals surface area contributed by atoms with Crippen molar-refractivity contribution in [2.45, 2.75) is 44.8 Å². The predicted molar refractivity (Wildman–Crippen MR) is 77.9 cm³/mol. The molecule has 2 rings (SSSR count). The summed E-state index contributed by atoms with van der Waals surface area (Å²) in [5.41, 5.74) is 5.87. The molecule has 1 aliphatic carbocycles. The summed E-state index contributed by atoms with van der Waals surface area (Å²) in [4.78, 5) is 8.38. The molecular weight excluding hydrogens is 256 g/mol. The highest BCUT2D eigenvalue weighted by atomic mass is 16.5. The Hall–Kier alpha value is -1.40. The quantitative estimate of drug-likeness (QED) is 0.738. The monoisotopic (exact) mass is 280 g/mol. The van der Waals surface area contributed by atoms with Crippen LogP contribution in [0, 0.1) is 0 Å². The van der Waals surface area contributed by atoms with Crippen LogP contribution in [-0.2, 0) is 4.74 Å². The van der Waals surface area contributed by atoms with Crippen molar-refractivity contribution in [3.8, 4) is 5.88 Å². The molecule has 20 heavy (non-hydrogen) atoms. The van der Waals surface area contributed by atoms with E-state index in [1.54, 1.807) is 12.3 Å². The van der Waals surface area contributed by atoms with Crippen LogP contribution in [0.2, 0.25) is 0 Å². The molecule has 0 aliphatic heterocycles. The highest BCUT2D eigenvalue weighted by molar-refractivity contribution is 5.27. The van der Waals surface area contributed by atoms with Gasteiger partial charge in [-0.3, -0.25) is 0 Å². The van der Waals surface area contributed by atoms with E-state index in [1.165, 1.54) is 0 Å². The summed E-state index contributed by atoms with van der Waals surface area (Å²) in [5.74, 6) is 1.16. The number of hydrogen-bond acceptors (Lipinski definition) is 6. The molecule has 0 radical (unpaired) electrons. The van der Waals surface area contributed by atoms with Crippen molar-refractivity contribution in [1.29, 1.82) is 0 Å². The first-order chi connectivity index (χ1) is 9.78. The number of hydrogen-bond donors (Lipinski definition) is 2. The highest BCUT2D eigenvalue weighted by Crippen LogP contribution is 2.19. The number of nitrogens with two attached hydrogens (primary N) is 1. The minimum absolute atomic E-state index is 0.354. The minimum atomic E-state index is 0.354. The third-order valence-corrected chi connectivity index (χ3v) is 3.38. The van der Waals surface area contributed by atoms with E-state index in [-0.39, 0.29) is 0 Å². The Bertz CT molecular complexity index is 395. The van der Waals surface area contributed by atoms with Crippen LogP contribution in [0.4, 0.5) is 5.95 Å². The van der Waals surface area contributed by atoms with Crippen molar-refractivity contribution in [1.82, 2.24) is 9.97 Å². The van der Waals surface area contributed by atoms with Gasteiger partial charge in [0.15, 0.2) is 0 Å². The highest BCUT2D eigenvalue weighted by Gasteiger charge is 2.18. The van der Waals surface area contributed by atoms with Gasteiger partial charge in [0, 0.05) is 24.8 Å². The van der Waals surface area contributed by atoms with Crippen molar-refractivity contribution in [2.24, 2.45) is 5.73 Å². The summed E-state index contributed by atoms with van der Waals surface area (Å²) >= 11 is 0. The summed E-state index contributed by atoms with van der Waals surface area (Å²) in [5, 5.41) is 3.14. The van der Waals surface area contributed by atoms with Gasteiger partial charge in [-0.2, -0.15) is 4.98 Å². The largest absolute Gasteiger partial charge is 0.478 e. The van der Waals surface area contributed by atoms with Gasteiger partial charge < -0.3 is 20.5 Å². The second kappa shape index (κ2) is 8.01. The summed E-state index contributed by atoms with van der Waals surface area (Å²) < 4.78 is 11.1. The van der Waals surface area contributed by atoms with Crippen LogP contribution in [0.1, 0.15) is 32.6 Å². The zero-order chi connectivity index (χ0) is 14.2. The van der Waals surface area contributed by atoms with Crippen LogP contribution in [0.3, 0.4) is 0 Å². The van der Waals surface area contributed by atoms with Crippen LogP contribution in [0.5, 0.6) is 5.88 Å². The lowest BCUT2D eigenvalue weighted by atomic mass is 9.94. The van der Waals surface area contributed by atoms with Gasteiger partial charge in [0.05, 0.1) is 19.3 Å². The Labute approximate surface area is 120 Å². The third kappa shape index (κ3) is 4.94. The first-order valence-corrected chi connectivity index (χ1v) is 7.35. The maximum absolute atomic E-state index is 5.87. The van der Waals surface area contributed by atoms with Gasteiger partial charge in [0.25, 0.3) is 0 Å². The molecular formula is C14H24N4O2. The molecule has 0 spiro atoms. The number of rotatable bonds is 7. The first-order valence-electron chi connectivity index (χ1n) is 7.35. The Balaban J connectivity index is 1.64. The van der Waals surface area contributed by atoms with Gasteiger partial charge in [-0.1, -0.05) is 0 Å². The summed E-state index contributed by atoms with van der Waals surface area (Å²) in [7, 11) is 0. The summed E-state index contributed by atoms with van der Waals surface area (Å²) in [6.07, 6.45) is 6.31. The second-order valence-corrected chi connectivity index (χ2v) is 4.99. The Morgan fingerprint density at radius 1 is 1.35 bits per heavy atom. The Kier molecular flexibility index (Phi) is 6.01. The summed E-state index contributed by atoms with van der Waals surface area (Å²) in [6.45, 7) is 3.88. The van der Waals surface area contributed by atoms with Gasteiger partial charge >= 0.3 is 0 Å². The normalized spacial score (nSPS) is 22.5. The number of anilines is 1. The maximum atomic E-state index is 5.87. The SMILES string of the molecule is CCOc1ccnc(NCCOC2CCC(N)CC2)n1. The molecule has 1 heterocycles. The van der Waals surface area contributed by atoms with E-state index in [4.69, 9.17) is 15.2 Å². The van der Waals surface area contributed by atoms with Crippen molar-refractivity contribution >= 4 is 5.95 Å². The van der Waals surface area contributed by atoms with E-state index in [0.717, 1.165) is 25.7 Å². The number of aromatic nitrogens is 2. The predicted octanol–water partition coefficient (Wildman–Crippen LogP) is 1.57. The van der Waals surface area contributed by atoms with Crippen LogP contribution in [-0.4, -0.2) is 41.9 Å². The molecule has 1 aromatic rings. The zero-order valence-electron chi connectivity index (χ0n) is 12.0. The van der Waals surface area contributed by atoms with E-state index in [2.05, 4.69) is 15.3 Å². The fourth-order valence-electron chi connectivity index (χ4n) is 2.30. The topological polar surface area (TPSA) is 82.3 Å². The molecule has 0 amide bonds. The lowest BCUT2D eigenvalue weighted by molar-refractivity contribution is 0.0312. The first kappa shape index (κ1) is 15.0. The van der Waals surface area contributed by atoms with Crippen LogP contribution >= 0.6 is 0 Å². The molecule has 0 atom stereocenters. The maximum Gasteiger partial charge on any atom is 0.226 e. The van der Waals surface area contributed by atoms with Gasteiger partial charge in [0.1, 0.15) is 0 Å². The Morgan fingerprint density at radius 2 is 2.15 bits per heavy atom. The van der Waals surface area contributed by atoms with Gasteiger partial charge in [0.2, 0.25) is 11.8 Å². The fourth-order valence-corrected chi connectivity index (χ4v) is 2.30. The van der Waals surface area contributed by atoms with Crippen LogP contribution < -0.4 is 15.8 Å². The molecule has 1 fully saturated rings. The standard InChI is InChI=1S/C14H24N4O2/c1-2-19-13-7-8-16-14(18-13)17-9-10-20-12-5-3-11(15)4-6-12/h7-8,11-12H,2-6,9-10,15H2,1H3,(H,16,17,18). The fraction of sp³-hybridized carbons (Fsp3) is 0.714. The molecule has 3 N–H and O–H groups in total. The molecule has 6 nitrogen and oxygen atoms in total. The molecule has 112 valence electrons. The Morgan fingerprint density at radius 3 is 2.90 bits per heavy atom. The minimum Gasteiger partial charge on any atom is -0.478 e. The number of nitrogens with one attached hydrogen (secondary N) is 1. The third-order valence-electron chi connectivity index (χ3n) is 3.38. The van der Waals surface area contributed by atoms with Gasteiger partial charge in [-0.25, -0.2) is 4.98 Å². The van der Waals surface area contributed by atoms with E-state index >= 15 is 0 Å². The van der Waals surface area contributed by atoms with Gasteiger partial charge in [-0.05, 0) is 32.6 Å². The van der Waals surface area contributed by atoms with Crippen molar-refractivity contribution in [3.63, 3.8) is 0 Å². The molecule has 0 saturated heterocycles. The van der Waals surface area contributed by atoms with Crippen molar-refractivity contribution < 1.29 is 9.47 Å². The molecule has 6 heteroatoms. The van der Waals surface area contributed by atoms with Crippen LogP contribution in [0.25, 0.3) is 0 Å². The van der Waals surface area contributed by atoms with E-state index < -0.39 is 0 Å². The molecule has 1 aliphatic rings. The molecule has 1 aromatic heterocycles. The van der Waals surface area contributed by atoms with Crippen molar-refractivity contribution in [3.05, 3.63) is 12.3 Å².